The Morgan fingerprint density at radius 1 is 1.16 bits per heavy atom. The van der Waals surface area contributed by atoms with Gasteiger partial charge in [-0.05, 0) is 42.0 Å². The summed E-state index contributed by atoms with van der Waals surface area (Å²) in [6.07, 6.45) is 4.86. The minimum absolute atomic E-state index is 0.140. The van der Waals surface area contributed by atoms with E-state index in [0.29, 0.717) is 24.6 Å². The van der Waals surface area contributed by atoms with Crippen molar-refractivity contribution in [1.82, 2.24) is 15.2 Å². The second-order valence-corrected chi connectivity index (χ2v) is 7.59. The molecular formula is C24H25N3O5. The number of nitrogens with zero attached hydrogens (tertiary/aromatic N) is 2. The van der Waals surface area contributed by atoms with E-state index in [1.165, 1.54) is 6.26 Å². The molecule has 0 spiro atoms. The number of amides is 2. The van der Waals surface area contributed by atoms with Gasteiger partial charge in [0.05, 0.1) is 26.4 Å². The quantitative estimate of drug-likeness (QED) is 0.613. The number of hydrogen-bond acceptors (Lipinski definition) is 6. The van der Waals surface area contributed by atoms with Crippen LogP contribution >= 0.6 is 0 Å². The minimum Gasteiger partial charge on any atom is -0.497 e. The van der Waals surface area contributed by atoms with Crippen LogP contribution in [0.4, 0.5) is 0 Å². The summed E-state index contributed by atoms with van der Waals surface area (Å²) in [4.78, 5) is 31.9. The van der Waals surface area contributed by atoms with Gasteiger partial charge in [0, 0.05) is 43.5 Å². The van der Waals surface area contributed by atoms with Gasteiger partial charge in [0.1, 0.15) is 11.5 Å². The molecule has 4 rings (SSSR count). The van der Waals surface area contributed by atoms with Gasteiger partial charge in [0.15, 0.2) is 5.76 Å². The average molecular weight is 435 g/mol. The van der Waals surface area contributed by atoms with Crippen molar-refractivity contribution in [2.24, 2.45) is 5.92 Å². The second-order valence-electron chi connectivity index (χ2n) is 7.59. The van der Waals surface area contributed by atoms with E-state index < -0.39 is 5.92 Å². The first kappa shape index (κ1) is 21.4. The molecule has 0 saturated carbocycles. The maximum atomic E-state index is 13.2. The first-order valence-corrected chi connectivity index (χ1v) is 10.3. The van der Waals surface area contributed by atoms with Crippen LogP contribution in [-0.2, 0) is 11.3 Å². The predicted molar refractivity (Wildman–Crippen MR) is 116 cm³/mol. The van der Waals surface area contributed by atoms with Gasteiger partial charge in [-0.1, -0.05) is 6.07 Å². The molecule has 2 unspecified atom stereocenters. The lowest BCUT2D eigenvalue weighted by Crippen LogP contribution is -2.35. The van der Waals surface area contributed by atoms with Crippen LogP contribution in [0.5, 0.6) is 11.5 Å². The van der Waals surface area contributed by atoms with Gasteiger partial charge in [-0.15, -0.1) is 0 Å². The Balaban J connectivity index is 1.61. The molecule has 1 aromatic carbocycles. The van der Waals surface area contributed by atoms with Crippen molar-refractivity contribution in [2.75, 3.05) is 27.3 Å². The van der Waals surface area contributed by atoms with Gasteiger partial charge < -0.3 is 24.1 Å². The third-order valence-electron chi connectivity index (χ3n) is 5.70. The Kier molecular flexibility index (Phi) is 6.39. The number of aromatic nitrogens is 1. The maximum Gasteiger partial charge on any atom is 0.289 e. The molecule has 2 amide bonds. The first-order valence-electron chi connectivity index (χ1n) is 10.3. The SMILES string of the molecule is COc1ccc(OC)c(C2CN(C(=O)c3ccco3)CC2C(=O)NCc2cccnc2)c1. The summed E-state index contributed by atoms with van der Waals surface area (Å²) < 4.78 is 16.2. The highest BCUT2D eigenvalue weighted by molar-refractivity contribution is 5.92. The lowest BCUT2D eigenvalue weighted by atomic mass is 9.87. The van der Waals surface area contributed by atoms with Crippen molar-refractivity contribution >= 4 is 11.8 Å². The summed E-state index contributed by atoms with van der Waals surface area (Å²) >= 11 is 0. The predicted octanol–water partition coefficient (Wildman–Crippen LogP) is 2.86. The van der Waals surface area contributed by atoms with Gasteiger partial charge in [-0.2, -0.15) is 0 Å². The summed E-state index contributed by atoms with van der Waals surface area (Å²) in [5.74, 6) is 0.430. The number of benzene rings is 1. The third kappa shape index (κ3) is 4.44. The maximum absolute atomic E-state index is 13.2. The van der Waals surface area contributed by atoms with Crippen molar-refractivity contribution in [3.05, 3.63) is 78.0 Å². The van der Waals surface area contributed by atoms with Gasteiger partial charge in [0.25, 0.3) is 5.91 Å². The molecule has 2 atom stereocenters. The number of hydrogen-bond donors (Lipinski definition) is 1. The minimum atomic E-state index is -0.466. The summed E-state index contributed by atoms with van der Waals surface area (Å²) in [5, 5.41) is 2.99. The van der Waals surface area contributed by atoms with Crippen molar-refractivity contribution < 1.29 is 23.5 Å². The van der Waals surface area contributed by atoms with Gasteiger partial charge in [0.2, 0.25) is 5.91 Å². The number of rotatable bonds is 7. The smallest absolute Gasteiger partial charge is 0.289 e. The van der Waals surface area contributed by atoms with Crippen molar-refractivity contribution in [1.29, 1.82) is 0 Å². The Labute approximate surface area is 186 Å². The molecule has 3 heterocycles. The van der Waals surface area contributed by atoms with Crippen LogP contribution in [-0.4, -0.2) is 49.0 Å². The molecule has 166 valence electrons. The zero-order valence-electron chi connectivity index (χ0n) is 18.0. The topological polar surface area (TPSA) is 93.9 Å². The molecule has 8 heteroatoms. The third-order valence-corrected chi connectivity index (χ3v) is 5.70. The molecule has 1 saturated heterocycles. The number of ether oxygens (including phenoxy) is 2. The fraction of sp³-hybridized carbons (Fsp3) is 0.292. The number of carbonyl (C=O) groups excluding carboxylic acids is 2. The molecule has 2 aromatic heterocycles. The van der Waals surface area contributed by atoms with Gasteiger partial charge in [-0.25, -0.2) is 0 Å². The van der Waals surface area contributed by atoms with E-state index in [-0.39, 0.29) is 30.0 Å². The van der Waals surface area contributed by atoms with Crippen molar-refractivity contribution in [3.8, 4) is 11.5 Å². The normalized spacial score (nSPS) is 17.8. The van der Waals surface area contributed by atoms with Crippen LogP contribution in [0.15, 0.2) is 65.5 Å². The van der Waals surface area contributed by atoms with E-state index in [2.05, 4.69) is 10.3 Å². The van der Waals surface area contributed by atoms with Crippen molar-refractivity contribution in [2.45, 2.75) is 12.5 Å². The molecule has 0 aliphatic carbocycles. The molecule has 0 radical (unpaired) electrons. The highest BCUT2D eigenvalue weighted by Crippen LogP contribution is 2.40. The number of carbonyl (C=O) groups is 2. The van der Waals surface area contributed by atoms with Gasteiger partial charge >= 0.3 is 0 Å². The monoisotopic (exact) mass is 435 g/mol. The number of methoxy groups -OCH3 is 2. The summed E-state index contributed by atoms with van der Waals surface area (Å²) in [5.41, 5.74) is 1.72. The van der Waals surface area contributed by atoms with Gasteiger partial charge in [-0.3, -0.25) is 14.6 Å². The molecule has 8 nitrogen and oxygen atoms in total. The average Bonchev–Trinajstić information content (AvgIpc) is 3.53. The largest absolute Gasteiger partial charge is 0.497 e. The summed E-state index contributed by atoms with van der Waals surface area (Å²) in [6.45, 7) is 0.981. The van der Waals surface area contributed by atoms with Crippen LogP contribution in [0.3, 0.4) is 0 Å². The zero-order valence-corrected chi connectivity index (χ0v) is 18.0. The van der Waals surface area contributed by atoms with E-state index in [4.69, 9.17) is 13.9 Å². The lowest BCUT2D eigenvalue weighted by Gasteiger charge is -2.21. The fourth-order valence-corrected chi connectivity index (χ4v) is 4.06. The second kappa shape index (κ2) is 9.55. The molecule has 0 bridgehead atoms. The van der Waals surface area contributed by atoms with E-state index in [1.54, 1.807) is 49.7 Å². The number of furan rings is 1. The van der Waals surface area contributed by atoms with Crippen LogP contribution in [0.1, 0.15) is 27.6 Å². The number of pyridine rings is 1. The Hall–Kier alpha value is -3.81. The Morgan fingerprint density at radius 2 is 2.03 bits per heavy atom. The zero-order chi connectivity index (χ0) is 22.5. The van der Waals surface area contributed by atoms with E-state index in [9.17, 15) is 9.59 Å². The first-order chi connectivity index (χ1) is 15.6. The molecule has 1 aliphatic heterocycles. The molecular weight excluding hydrogens is 410 g/mol. The standard InChI is InChI=1S/C24H25N3O5/c1-30-17-7-8-21(31-2)18(11-17)19-14-27(24(29)22-6-4-10-32-22)15-20(19)23(28)26-13-16-5-3-9-25-12-16/h3-12,19-20H,13-15H2,1-2H3,(H,26,28). The van der Waals surface area contributed by atoms with Crippen molar-refractivity contribution in [3.63, 3.8) is 0 Å². The molecule has 32 heavy (non-hydrogen) atoms. The number of likely N-dealkylation sites (tertiary alicyclic amines) is 1. The van der Waals surface area contributed by atoms with E-state index in [0.717, 1.165) is 11.1 Å². The van der Waals surface area contributed by atoms with E-state index >= 15 is 0 Å². The fourth-order valence-electron chi connectivity index (χ4n) is 4.06. The summed E-state index contributed by atoms with van der Waals surface area (Å²) in [7, 11) is 3.18. The Morgan fingerprint density at radius 3 is 2.72 bits per heavy atom. The number of nitrogens with one attached hydrogen (secondary N) is 1. The van der Waals surface area contributed by atoms with Crippen LogP contribution in [0.25, 0.3) is 0 Å². The lowest BCUT2D eigenvalue weighted by molar-refractivity contribution is -0.125. The Bertz CT molecular complexity index is 1070. The molecule has 1 N–H and O–H groups in total. The highest BCUT2D eigenvalue weighted by atomic mass is 16.5. The van der Waals surface area contributed by atoms with Crippen LogP contribution in [0, 0.1) is 5.92 Å². The highest BCUT2D eigenvalue weighted by Gasteiger charge is 2.42. The molecule has 1 aliphatic rings. The molecule has 3 aromatic rings. The summed E-state index contributed by atoms with van der Waals surface area (Å²) in [6, 6.07) is 12.5. The molecule has 1 fully saturated rings. The van der Waals surface area contributed by atoms with Crippen LogP contribution in [0.2, 0.25) is 0 Å². The van der Waals surface area contributed by atoms with Crippen LogP contribution < -0.4 is 14.8 Å². The van der Waals surface area contributed by atoms with E-state index in [1.807, 2.05) is 24.3 Å².